The highest BCUT2D eigenvalue weighted by Gasteiger charge is 2.85. The number of aliphatic hydroxyl groups is 1. The Kier molecular flexibility index (Phi) is 3.51. The van der Waals surface area contributed by atoms with Gasteiger partial charge in [0.25, 0.3) is 0 Å². The summed E-state index contributed by atoms with van der Waals surface area (Å²) < 4.78 is 17.7. The average molecular weight is 429 g/mol. The molecule has 6 aliphatic rings. The van der Waals surface area contributed by atoms with Crippen LogP contribution in [0.4, 0.5) is 0 Å². The van der Waals surface area contributed by atoms with Crippen molar-refractivity contribution < 1.29 is 33.7 Å². The Morgan fingerprint density at radius 3 is 2.87 bits per heavy atom. The lowest BCUT2D eigenvalue weighted by Gasteiger charge is -2.60. The molecule has 4 saturated heterocycles. The second kappa shape index (κ2) is 5.59. The smallest absolute Gasteiger partial charge is 0.322 e. The zero-order valence-electron chi connectivity index (χ0n) is 17.8. The number of esters is 2. The predicted octanol–water partition coefficient (Wildman–Crippen LogP) is 0.939. The number of carbonyl (C=O) groups excluding carboxylic acids is 3. The lowest BCUT2D eigenvalue weighted by Crippen LogP contribution is -2.67. The van der Waals surface area contributed by atoms with E-state index in [2.05, 4.69) is 6.58 Å². The van der Waals surface area contributed by atoms with Crippen LogP contribution in [0.25, 0.3) is 0 Å². The van der Waals surface area contributed by atoms with Gasteiger partial charge in [-0.3, -0.25) is 14.4 Å². The molecule has 0 aromatic carbocycles. The molecule has 2 spiro atoms. The number of aliphatic hydroxyl groups excluding tert-OH is 1. The van der Waals surface area contributed by atoms with Crippen LogP contribution in [0.15, 0.2) is 24.3 Å². The molecule has 0 unspecified atom stereocenters. The average Bonchev–Trinajstić information content (AvgIpc) is 3.31. The molecule has 166 valence electrons. The maximum absolute atomic E-state index is 13.9. The number of rotatable bonds is 3. The first kappa shape index (κ1) is 19.5. The molecule has 1 saturated carbocycles. The van der Waals surface area contributed by atoms with Crippen molar-refractivity contribution >= 4 is 17.8 Å². The highest BCUT2D eigenvalue weighted by atomic mass is 16.7. The summed E-state index contributed by atoms with van der Waals surface area (Å²) in [5, 5.41) is 10.0. The fraction of sp³-hybridized carbons (Fsp3) is 0.696. The number of methoxy groups -OCH3 is 1. The maximum atomic E-state index is 13.9. The van der Waals surface area contributed by atoms with Gasteiger partial charge in [-0.25, -0.2) is 0 Å². The van der Waals surface area contributed by atoms with Gasteiger partial charge in [-0.1, -0.05) is 19.1 Å². The Labute approximate surface area is 180 Å². The van der Waals surface area contributed by atoms with E-state index in [9.17, 15) is 19.5 Å². The Balaban J connectivity index is 1.64. The molecule has 31 heavy (non-hydrogen) atoms. The lowest BCUT2D eigenvalue weighted by molar-refractivity contribution is -0.232. The Hall–Kier alpha value is -2.19. The summed E-state index contributed by atoms with van der Waals surface area (Å²) in [4.78, 5) is 41.3. The van der Waals surface area contributed by atoms with Crippen molar-refractivity contribution in [2.45, 2.75) is 50.0 Å². The molecule has 8 heteroatoms. The summed E-state index contributed by atoms with van der Waals surface area (Å²) in [7, 11) is 1.29. The number of amides is 1. The van der Waals surface area contributed by atoms with Crippen LogP contribution < -0.4 is 0 Å². The maximum Gasteiger partial charge on any atom is 0.322 e. The topological polar surface area (TPSA) is 102 Å². The first-order valence-electron chi connectivity index (χ1n) is 11.0. The minimum absolute atomic E-state index is 0.0189. The van der Waals surface area contributed by atoms with Crippen LogP contribution in [0.3, 0.4) is 0 Å². The van der Waals surface area contributed by atoms with Crippen LogP contribution in [0, 0.1) is 28.6 Å². The Bertz CT molecular complexity index is 975. The molecule has 0 aromatic heterocycles. The van der Waals surface area contributed by atoms with Crippen LogP contribution in [0.2, 0.25) is 0 Å². The minimum Gasteiger partial charge on any atom is -0.468 e. The summed E-state index contributed by atoms with van der Waals surface area (Å²) in [6, 6.07) is -0.206. The van der Waals surface area contributed by atoms with Gasteiger partial charge >= 0.3 is 11.9 Å². The number of piperidine rings is 1. The molecule has 8 nitrogen and oxygen atoms in total. The highest BCUT2D eigenvalue weighted by molar-refractivity contribution is 6.06. The highest BCUT2D eigenvalue weighted by Crippen LogP contribution is 2.76. The minimum atomic E-state index is -1.53. The van der Waals surface area contributed by atoms with E-state index in [1.807, 2.05) is 19.1 Å². The van der Waals surface area contributed by atoms with Gasteiger partial charge in [0.2, 0.25) is 11.7 Å². The van der Waals surface area contributed by atoms with Crippen molar-refractivity contribution in [1.82, 2.24) is 4.90 Å². The van der Waals surface area contributed by atoms with Crippen LogP contribution in [-0.2, 0) is 28.6 Å². The van der Waals surface area contributed by atoms with Gasteiger partial charge in [-0.05, 0) is 31.4 Å². The van der Waals surface area contributed by atoms with E-state index < -0.39 is 28.2 Å². The third-order valence-corrected chi connectivity index (χ3v) is 9.40. The monoisotopic (exact) mass is 429 g/mol. The van der Waals surface area contributed by atoms with Gasteiger partial charge in [0.1, 0.15) is 5.60 Å². The second-order valence-corrected chi connectivity index (χ2v) is 10.2. The predicted molar refractivity (Wildman–Crippen MR) is 105 cm³/mol. The van der Waals surface area contributed by atoms with Gasteiger partial charge in [0, 0.05) is 48.8 Å². The lowest BCUT2D eigenvalue weighted by atomic mass is 9.42. The molecule has 5 fully saturated rings. The van der Waals surface area contributed by atoms with Gasteiger partial charge < -0.3 is 24.2 Å². The normalized spacial score (nSPS) is 50.9. The van der Waals surface area contributed by atoms with Crippen molar-refractivity contribution in [3.63, 3.8) is 0 Å². The van der Waals surface area contributed by atoms with Crippen molar-refractivity contribution in [3.8, 4) is 0 Å². The van der Waals surface area contributed by atoms with Crippen LogP contribution in [0.5, 0.6) is 0 Å². The van der Waals surface area contributed by atoms with Crippen LogP contribution in [0.1, 0.15) is 32.6 Å². The number of nitrogens with zero attached hydrogens (tertiary/aromatic N) is 1. The van der Waals surface area contributed by atoms with Gasteiger partial charge in [0.15, 0.2) is 5.41 Å². The van der Waals surface area contributed by atoms with Crippen molar-refractivity contribution in [1.29, 1.82) is 0 Å². The molecular weight excluding hydrogens is 402 g/mol. The Morgan fingerprint density at radius 1 is 1.39 bits per heavy atom. The van der Waals surface area contributed by atoms with E-state index in [0.717, 1.165) is 5.57 Å². The van der Waals surface area contributed by atoms with Gasteiger partial charge in [-0.2, -0.15) is 0 Å². The standard InChI is InChI=1S/C23H27NO7/c1-12-11-24-15-10-14(12)22-6-7-23(31-22)13(4-5-16(26)30-23)17(22)20(15,2)21(8-9-25,18(24)27)19(28)29-3/h6-7,13-15,17,25H,1,4-5,8-11H2,2-3H3/t13-,14+,15+,17+,20+,21+,22+,23+/m0/s1. The van der Waals surface area contributed by atoms with E-state index in [1.165, 1.54) is 7.11 Å². The summed E-state index contributed by atoms with van der Waals surface area (Å²) in [6.07, 6.45) is 5.27. The Morgan fingerprint density at radius 2 is 2.16 bits per heavy atom. The molecule has 1 N–H and O–H groups in total. The molecule has 1 amide bonds. The fourth-order valence-electron chi connectivity index (χ4n) is 8.40. The van der Waals surface area contributed by atoms with E-state index in [1.54, 1.807) is 4.90 Å². The van der Waals surface area contributed by atoms with E-state index >= 15 is 0 Å². The zero-order chi connectivity index (χ0) is 22.0. The number of hydrogen-bond donors (Lipinski definition) is 1. The van der Waals surface area contributed by atoms with Crippen molar-refractivity contribution in [3.05, 3.63) is 24.3 Å². The summed E-state index contributed by atoms with van der Waals surface area (Å²) in [5.74, 6) is -2.88. The zero-order valence-corrected chi connectivity index (χ0v) is 17.8. The molecule has 4 bridgehead atoms. The van der Waals surface area contributed by atoms with Crippen LogP contribution in [-0.4, -0.2) is 65.5 Å². The van der Waals surface area contributed by atoms with Crippen molar-refractivity contribution in [2.75, 3.05) is 20.3 Å². The molecule has 0 aromatic rings. The number of ether oxygens (including phenoxy) is 3. The summed E-state index contributed by atoms with van der Waals surface area (Å²) >= 11 is 0. The summed E-state index contributed by atoms with van der Waals surface area (Å²) in [5.41, 5.74) is -2.31. The van der Waals surface area contributed by atoms with Crippen molar-refractivity contribution in [2.24, 2.45) is 28.6 Å². The molecule has 8 atom stereocenters. The second-order valence-electron chi connectivity index (χ2n) is 10.2. The van der Waals surface area contributed by atoms with Gasteiger partial charge in [0.05, 0.1) is 7.11 Å². The van der Waals surface area contributed by atoms with E-state index in [4.69, 9.17) is 14.2 Å². The molecule has 0 radical (unpaired) electrons. The molecule has 5 heterocycles. The van der Waals surface area contributed by atoms with Crippen LogP contribution >= 0.6 is 0 Å². The molecule has 5 aliphatic heterocycles. The molecule has 1 aliphatic carbocycles. The number of fused-ring (bicyclic) bond motifs is 3. The molecular formula is C23H27NO7. The first-order valence-corrected chi connectivity index (χ1v) is 11.0. The number of carbonyl (C=O) groups is 3. The third kappa shape index (κ3) is 1.79. The van der Waals surface area contributed by atoms with Gasteiger partial charge in [-0.15, -0.1) is 0 Å². The number of hydrogen-bond acceptors (Lipinski definition) is 7. The van der Waals surface area contributed by atoms with E-state index in [0.29, 0.717) is 19.4 Å². The van der Waals surface area contributed by atoms with E-state index in [-0.39, 0.29) is 55.1 Å². The first-order chi connectivity index (χ1) is 14.7. The SMILES string of the molecule is C=C1CN2C(=O)[C@](CCO)(C(=O)OC)[C@]3(C)[C@H]2C[C@H]1[C@]12C=C[C@@]4(OC(=O)CC[C@H]4[C@@H]13)O2. The quantitative estimate of drug-likeness (QED) is 0.405. The summed E-state index contributed by atoms with van der Waals surface area (Å²) in [6.45, 7) is 6.30. The fourth-order valence-corrected chi connectivity index (χ4v) is 8.40. The third-order valence-electron chi connectivity index (χ3n) is 9.40. The largest absolute Gasteiger partial charge is 0.468 e. The molecule has 6 rings (SSSR count).